The highest BCUT2D eigenvalue weighted by molar-refractivity contribution is 7.10. The smallest absolute Gasteiger partial charge is 0.237 e. The largest absolute Gasteiger partial charge is 0.491 e. The van der Waals surface area contributed by atoms with E-state index in [9.17, 15) is 9.90 Å². The van der Waals surface area contributed by atoms with Gasteiger partial charge in [-0.15, -0.1) is 17.9 Å². The summed E-state index contributed by atoms with van der Waals surface area (Å²) >= 11 is 1.76. The normalized spacial score (nSPS) is 16.5. The SMILES string of the molecule is C=CCC[C@H](O)CN(CCC)CC(=O)N1CCc2sccc2[C@H]1COc1ccc(C)cc1C. The van der Waals surface area contributed by atoms with E-state index in [-0.39, 0.29) is 11.9 Å². The molecule has 0 bridgehead atoms. The average Bonchev–Trinajstić information content (AvgIpc) is 3.26. The van der Waals surface area contributed by atoms with E-state index >= 15 is 0 Å². The Hall–Kier alpha value is -2.15. The van der Waals surface area contributed by atoms with Gasteiger partial charge in [0.1, 0.15) is 12.4 Å². The molecule has 1 aromatic heterocycles. The molecule has 180 valence electrons. The number of hydrogen-bond donors (Lipinski definition) is 1. The molecule has 0 saturated heterocycles. The molecule has 1 amide bonds. The first-order valence-electron chi connectivity index (χ1n) is 12.0. The fourth-order valence-corrected chi connectivity index (χ4v) is 5.47. The van der Waals surface area contributed by atoms with Gasteiger partial charge in [-0.05, 0) is 74.7 Å². The lowest BCUT2D eigenvalue weighted by atomic mass is 10.00. The lowest BCUT2D eigenvalue weighted by Crippen LogP contribution is -2.48. The van der Waals surface area contributed by atoms with Crippen molar-refractivity contribution in [3.05, 3.63) is 63.9 Å². The van der Waals surface area contributed by atoms with Gasteiger partial charge < -0.3 is 14.7 Å². The highest BCUT2D eigenvalue weighted by Crippen LogP contribution is 2.34. The topological polar surface area (TPSA) is 53.0 Å². The summed E-state index contributed by atoms with van der Waals surface area (Å²) in [5, 5.41) is 12.5. The summed E-state index contributed by atoms with van der Waals surface area (Å²) in [6.45, 7) is 12.7. The first kappa shape index (κ1) is 25.5. The maximum Gasteiger partial charge on any atom is 0.237 e. The highest BCUT2D eigenvalue weighted by Gasteiger charge is 2.33. The molecule has 2 atom stereocenters. The van der Waals surface area contributed by atoms with Gasteiger partial charge in [0.15, 0.2) is 0 Å². The number of rotatable bonds is 12. The maximum absolute atomic E-state index is 13.5. The predicted octanol–water partition coefficient (Wildman–Crippen LogP) is 4.91. The van der Waals surface area contributed by atoms with E-state index in [1.807, 2.05) is 17.0 Å². The minimum atomic E-state index is -0.448. The minimum absolute atomic E-state index is 0.0950. The summed E-state index contributed by atoms with van der Waals surface area (Å²) < 4.78 is 6.25. The lowest BCUT2D eigenvalue weighted by molar-refractivity contribution is -0.136. The Balaban J connectivity index is 1.71. The number of carbonyl (C=O) groups excluding carboxylic acids is 1. The van der Waals surface area contributed by atoms with E-state index in [0.717, 1.165) is 37.1 Å². The number of aryl methyl sites for hydroxylation is 2. The van der Waals surface area contributed by atoms with E-state index in [1.54, 1.807) is 11.3 Å². The first-order valence-corrected chi connectivity index (χ1v) is 12.9. The molecule has 33 heavy (non-hydrogen) atoms. The van der Waals surface area contributed by atoms with Crippen LogP contribution in [-0.4, -0.2) is 59.7 Å². The van der Waals surface area contributed by atoms with Crippen molar-refractivity contribution < 1.29 is 14.6 Å². The fourth-order valence-electron chi connectivity index (χ4n) is 4.54. The molecule has 2 heterocycles. The van der Waals surface area contributed by atoms with Crippen LogP contribution in [-0.2, 0) is 11.2 Å². The maximum atomic E-state index is 13.5. The van der Waals surface area contributed by atoms with Crippen molar-refractivity contribution in [2.75, 3.05) is 32.8 Å². The molecule has 5 nitrogen and oxygen atoms in total. The number of ether oxygens (including phenoxy) is 1. The Bertz CT molecular complexity index is 926. The summed E-state index contributed by atoms with van der Waals surface area (Å²) in [5.74, 6) is 0.971. The zero-order valence-corrected chi connectivity index (χ0v) is 21.1. The van der Waals surface area contributed by atoms with Gasteiger partial charge in [0.25, 0.3) is 0 Å². The molecule has 0 unspecified atom stereocenters. The second-order valence-electron chi connectivity index (χ2n) is 8.99. The Morgan fingerprint density at radius 2 is 2.21 bits per heavy atom. The van der Waals surface area contributed by atoms with E-state index in [0.29, 0.717) is 32.7 Å². The zero-order valence-electron chi connectivity index (χ0n) is 20.3. The number of fused-ring (bicyclic) bond motifs is 1. The van der Waals surface area contributed by atoms with Crippen LogP contribution < -0.4 is 4.74 Å². The molecule has 0 spiro atoms. The second-order valence-corrected chi connectivity index (χ2v) is 9.99. The molecular weight excluding hydrogens is 432 g/mol. The zero-order chi connectivity index (χ0) is 23.8. The van der Waals surface area contributed by atoms with Crippen LogP contribution in [0.4, 0.5) is 0 Å². The van der Waals surface area contributed by atoms with Crippen LogP contribution in [0.25, 0.3) is 0 Å². The minimum Gasteiger partial charge on any atom is -0.491 e. The molecule has 3 rings (SSSR count). The van der Waals surface area contributed by atoms with Crippen molar-refractivity contribution in [2.45, 2.75) is 58.6 Å². The third-order valence-corrected chi connectivity index (χ3v) is 7.21. The van der Waals surface area contributed by atoms with Gasteiger partial charge in [-0.2, -0.15) is 0 Å². The summed E-state index contributed by atoms with van der Waals surface area (Å²) in [5.41, 5.74) is 3.52. The molecular formula is C27H38N2O3S. The van der Waals surface area contributed by atoms with Crippen molar-refractivity contribution in [1.29, 1.82) is 0 Å². The Morgan fingerprint density at radius 3 is 2.94 bits per heavy atom. The molecule has 2 aromatic rings. The number of allylic oxidation sites excluding steroid dienone is 1. The van der Waals surface area contributed by atoms with Crippen LogP contribution >= 0.6 is 11.3 Å². The molecule has 0 radical (unpaired) electrons. The van der Waals surface area contributed by atoms with Gasteiger partial charge in [0, 0.05) is 18.0 Å². The van der Waals surface area contributed by atoms with Crippen LogP contribution in [0.2, 0.25) is 0 Å². The van der Waals surface area contributed by atoms with Crippen LogP contribution in [0.3, 0.4) is 0 Å². The molecule has 0 aliphatic carbocycles. The summed E-state index contributed by atoms with van der Waals surface area (Å²) in [6, 6.07) is 8.24. The number of aliphatic hydroxyl groups is 1. The van der Waals surface area contributed by atoms with Crippen LogP contribution in [0.1, 0.15) is 53.8 Å². The van der Waals surface area contributed by atoms with Gasteiger partial charge in [-0.3, -0.25) is 9.69 Å². The van der Waals surface area contributed by atoms with Gasteiger partial charge in [-0.25, -0.2) is 0 Å². The van der Waals surface area contributed by atoms with Gasteiger partial charge >= 0.3 is 0 Å². The van der Waals surface area contributed by atoms with Crippen molar-refractivity contribution in [2.24, 2.45) is 0 Å². The first-order chi connectivity index (χ1) is 15.9. The quantitative estimate of drug-likeness (QED) is 0.448. The van der Waals surface area contributed by atoms with E-state index in [1.165, 1.54) is 16.0 Å². The molecule has 1 aliphatic rings. The molecule has 1 N–H and O–H groups in total. The van der Waals surface area contributed by atoms with E-state index in [4.69, 9.17) is 4.74 Å². The highest BCUT2D eigenvalue weighted by atomic mass is 32.1. The molecule has 0 saturated carbocycles. The number of hydrogen-bond acceptors (Lipinski definition) is 5. The summed E-state index contributed by atoms with van der Waals surface area (Å²) in [4.78, 5) is 18.9. The third-order valence-electron chi connectivity index (χ3n) is 6.21. The molecule has 0 fully saturated rings. The van der Waals surface area contributed by atoms with Crippen molar-refractivity contribution in [3.63, 3.8) is 0 Å². The average molecular weight is 471 g/mol. The standard InChI is InChI=1S/C27H38N2O3S/c1-5-7-8-22(30)17-28(13-6-2)18-27(31)29-14-11-26-23(12-15-33-26)24(29)19-32-25-10-9-20(3)16-21(25)4/h5,9-10,12,15-16,22,24,30H,1,6-8,11,13-14,17-19H2,2-4H3/t22-,24+/m0/s1. The van der Waals surface area contributed by atoms with E-state index < -0.39 is 6.10 Å². The summed E-state index contributed by atoms with van der Waals surface area (Å²) in [7, 11) is 0. The monoisotopic (exact) mass is 470 g/mol. The Labute approximate surface area is 202 Å². The Morgan fingerprint density at radius 1 is 1.39 bits per heavy atom. The van der Waals surface area contributed by atoms with Crippen LogP contribution in [0.15, 0.2) is 42.3 Å². The van der Waals surface area contributed by atoms with E-state index in [2.05, 4.69) is 55.8 Å². The van der Waals surface area contributed by atoms with Gasteiger partial charge in [0.2, 0.25) is 5.91 Å². The predicted molar refractivity (Wildman–Crippen MR) is 136 cm³/mol. The lowest BCUT2D eigenvalue weighted by Gasteiger charge is -2.37. The Kier molecular flexibility index (Phi) is 9.53. The number of thiophene rings is 1. The fraction of sp³-hybridized carbons (Fsp3) is 0.519. The molecule has 1 aliphatic heterocycles. The van der Waals surface area contributed by atoms with Crippen molar-refractivity contribution in [3.8, 4) is 5.75 Å². The second kappa shape index (κ2) is 12.4. The molecule has 6 heteroatoms. The third kappa shape index (κ3) is 6.92. The van der Waals surface area contributed by atoms with Gasteiger partial charge in [0.05, 0.1) is 18.7 Å². The van der Waals surface area contributed by atoms with Crippen molar-refractivity contribution in [1.82, 2.24) is 9.80 Å². The number of nitrogens with zero attached hydrogens (tertiary/aromatic N) is 2. The van der Waals surface area contributed by atoms with Crippen LogP contribution in [0, 0.1) is 13.8 Å². The van der Waals surface area contributed by atoms with Crippen LogP contribution in [0.5, 0.6) is 5.75 Å². The number of benzene rings is 1. The van der Waals surface area contributed by atoms with Gasteiger partial charge in [-0.1, -0.05) is 30.7 Å². The number of aliphatic hydroxyl groups excluding tert-OH is 1. The molecule has 1 aromatic carbocycles. The number of carbonyl (C=O) groups is 1. The van der Waals surface area contributed by atoms with Crippen molar-refractivity contribution >= 4 is 17.2 Å². The number of amides is 1. The summed E-state index contributed by atoms with van der Waals surface area (Å²) in [6.07, 6.45) is 4.65.